The molecule has 4 aliphatic carbocycles. The van der Waals surface area contributed by atoms with Crippen LogP contribution >= 0.6 is 0 Å². The van der Waals surface area contributed by atoms with Crippen LogP contribution in [0.15, 0.2) is 11.6 Å². The number of hydrogen-bond acceptors (Lipinski definition) is 3. The molecule has 9 atom stereocenters. The Morgan fingerprint density at radius 2 is 1.74 bits per heavy atom. The van der Waals surface area contributed by atoms with Crippen LogP contribution in [-0.2, 0) is 4.74 Å². The zero-order valence-electron chi connectivity index (χ0n) is 17.2. The van der Waals surface area contributed by atoms with Gasteiger partial charge < -0.3 is 14.9 Å². The normalized spacial score (nSPS) is 55.3. The molecule has 5 rings (SSSR count). The Kier molecular flexibility index (Phi) is 4.53. The van der Waals surface area contributed by atoms with Gasteiger partial charge in [0.25, 0.3) is 0 Å². The fraction of sp³-hybridized carbons (Fsp3) is 0.917. The third-order valence-electron chi connectivity index (χ3n) is 9.84. The van der Waals surface area contributed by atoms with E-state index in [4.69, 9.17) is 4.74 Å². The molecule has 152 valence electrons. The Morgan fingerprint density at radius 1 is 0.926 bits per heavy atom. The van der Waals surface area contributed by atoms with Crippen LogP contribution in [0.5, 0.6) is 0 Å². The Balaban J connectivity index is 1.45. The van der Waals surface area contributed by atoms with Gasteiger partial charge in [-0.25, -0.2) is 0 Å². The zero-order chi connectivity index (χ0) is 18.8. The number of aliphatic hydroxyl groups is 2. The highest BCUT2D eigenvalue weighted by Gasteiger charge is 2.61. The average molecular weight is 375 g/mol. The Hall–Kier alpha value is -0.380. The van der Waals surface area contributed by atoms with Gasteiger partial charge in [-0.3, -0.25) is 0 Å². The smallest absolute Gasteiger partial charge is 0.0757 e. The van der Waals surface area contributed by atoms with E-state index >= 15 is 0 Å². The number of aliphatic hydroxyl groups excluding tert-OH is 2. The summed E-state index contributed by atoms with van der Waals surface area (Å²) in [7, 11) is 0. The number of ether oxygens (including phenoxy) is 1. The minimum Gasteiger partial charge on any atom is -0.393 e. The lowest BCUT2D eigenvalue weighted by atomic mass is 9.46. The quantitative estimate of drug-likeness (QED) is 0.666. The van der Waals surface area contributed by atoms with E-state index in [0.29, 0.717) is 35.2 Å². The molecule has 0 spiro atoms. The summed E-state index contributed by atoms with van der Waals surface area (Å²) in [6, 6.07) is 0. The largest absolute Gasteiger partial charge is 0.393 e. The minimum atomic E-state index is -0.320. The van der Waals surface area contributed by atoms with Crippen molar-refractivity contribution in [3.05, 3.63) is 11.6 Å². The van der Waals surface area contributed by atoms with Crippen molar-refractivity contribution >= 4 is 0 Å². The van der Waals surface area contributed by atoms with Gasteiger partial charge in [-0.2, -0.15) is 0 Å². The summed E-state index contributed by atoms with van der Waals surface area (Å²) >= 11 is 0. The highest BCUT2D eigenvalue weighted by atomic mass is 16.5. The van der Waals surface area contributed by atoms with Gasteiger partial charge >= 0.3 is 0 Å². The number of rotatable bonds is 1. The lowest BCUT2D eigenvalue weighted by molar-refractivity contribution is -0.118. The molecule has 1 aliphatic heterocycles. The second kappa shape index (κ2) is 6.57. The molecule has 1 saturated heterocycles. The molecule has 0 aromatic carbocycles. The van der Waals surface area contributed by atoms with Crippen LogP contribution in [0.3, 0.4) is 0 Å². The third kappa shape index (κ3) is 2.71. The fourth-order valence-corrected chi connectivity index (χ4v) is 8.36. The van der Waals surface area contributed by atoms with Crippen LogP contribution in [0.1, 0.15) is 78.1 Å². The summed E-state index contributed by atoms with van der Waals surface area (Å²) in [6.07, 6.45) is 13.8. The van der Waals surface area contributed by atoms with E-state index < -0.39 is 0 Å². The summed E-state index contributed by atoms with van der Waals surface area (Å²) in [6.45, 7) is 5.92. The van der Waals surface area contributed by atoms with Crippen LogP contribution in [0.2, 0.25) is 0 Å². The Labute approximate surface area is 164 Å². The van der Waals surface area contributed by atoms with Crippen molar-refractivity contribution in [3.63, 3.8) is 0 Å². The lowest BCUT2D eigenvalue weighted by Gasteiger charge is -2.59. The van der Waals surface area contributed by atoms with Crippen LogP contribution in [0.4, 0.5) is 0 Å². The van der Waals surface area contributed by atoms with Crippen molar-refractivity contribution < 1.29 is 14.9 Å². The van der Waals surface area contributed by atoms with Gasteiger partial charge in [0.2, 0.25) is 0 Å². The second-order valence-electron chi connectivity index (χ2n) is 10.9. The first kappa shape index (κ1) is 18.6. The predicted molar refractivity (Wildman–Crippen MR) is 106 cm³/mol. The maximum atomic E-state index is 11.2. The molecule has 3 heteroatoms. The minimum absolute atomic E-state index is 0.198. The Morgan fingerprint density at radius 3 is 2.52 bits per heavy atom. The first-order valence-corrected chi connectivity index (χ1v) is 11.6. The standard InChI is InChI=1S/C24H38O3/c1-23-10-8-16(25)13-15(23)14-20(26)22-18-7-6-17(21-5-3-4-12-27-21)24(18,2)11-9-19(22)23/h14,16-22,25-26H,3-13H2,1-2H3/t16-,17+,18?,19?,20+,21?,22?,23-,24+/m0/s1. The number of fused-ring (bicyclic) bond motifs is 5. The molecule has 0 aromatic heterocycles. The summed E-state index contributed by atoms with van der Waals surface area (Å²) < 4.78 is 6.25. The maximum Gasteiger partial charge on any atom is 0.0757 e. The zero-order valence-corrected chi connectivity index (χ0v) is 17.2. The molecule has 2 N–H and O–H groups in total. The number of hydrogen-bond donors (Lipinski definition) is 2. The van der Waals surface area contributed by atoms with Crippen molar-refractivity contribution in [2.75, 3.05) is 6.61 Å². The average Bonchev–Trinajstić information content (AvgIpc) is 3.01. The predicted octanol–water partition coefficient (Wildman–Crippen LogP) is 4.47. The van der Waals surface area contributed by atoms with Gasteiger partial charge in [0.1, 0.15) is 0 Å². The maximum absolute atomic E-state index is 11.2. The molecular weight excluding hydrogens is 336 g/mol. The van der Waals surface area contributed by atoms with E-state index in [1.807, 2.05) is 0 Å². The molecule has 1 heterocycles. The molecule has 0 radical (unpaired) electrons. The summed E-state index contributed by atoms with van der Waals surface area (Å²) in [5, 5.41) is 21.4. The van der Waals surface area contributed by atoms with Gasteiger partial charge in [-0.15, -0.1) is 0 Å². The van der Waals surface area contributed by atoms with E-state index in [1.54, 1.807) is 0 Å². The Bertz CT molecular complexity index is 609. The van der Waals surface area contributed by atoms with Crippen LogP contribution in [0.25, 0.3) is 0 Å². The SMILES string of the molecule is C[C@]12CC[C@H](O)CC1=C[C@@H](O)C1C2CC[C@@]2(C)C1CC[C@@H]2C1CCCCO1. The lowest BCUT2D eigenvalue weighted by Crippen LogP contribution is -2.55. The van der Waals surface area contributed by atoms with Crippen molar-refractivity contribution in [1.82, 2.24) is 0 Å². The molecule has 4 unspecified atom stereocenters. The molecule has 0 amide bonds. The van der Waals surface area contributed by atoms with Gasteiger partial charge in [0.15, 0.2) is 0 Å². The molecule has 3 nitrogen and oxygen atoms in total. The van der Waals surface area contributed by atoms with Crippen LogP contribution < -0.4 is 0 Å². The van der Waals surface area contributed by atoms with Crippen molar-refractivity contribution in [2.24, 2.45) is 34.5 Å². The molecule has 5 aliphatic rings. The van der Waals surface area contributed by atoms with Crippen molar-refractivity contribution in [2.45, 2.75) is 96.4 Å². The first-order valence-electron chi connectivity index (χ1n) is 11.6. The third-order valence-corrected chi connectivity index (χ3v) is 9.84. The van der Waals surface area contributed by atoms with E-state index in [2.05, 4.69) is 19.9 Å². The van der Waals surface area contributed by atoms with Gasteiger partial charge in [0, 0.05) is 6.61 Å². The fourth-order valence-electron chi connectivity index (χ4n) is 8.36. The van der Waals surface area contributed by atoms with Crippen molar-refractivity contribution in [1.29, 1.82) is 0 Å². The van der Waals surface area contributed by atoms with E-state index in [9.17, 15) is 10.2 Å². The van der Waals surface area contributed by atoms with Gasteiger partial charge in [-0.05, 0) is 98.7 Å². The first-order chi connectivity index (χ1) is 12.9. The second-order valence-corrected chi connectivity index (χ2v) is 10.9. The van der Waals surface area contributed by atoms with Gasteiger partial charge in [0.05, 0.1) is 18.3 Å². The molecule has 0 bridgehead atoms. The highest BCUT2D eigenvalue weighted by molar-refractivity contribution is 5.28. The molecular formula is C24H38O3. The monoisotopic (exact) mass is 374 g/mol. The topological polar surface area (TPSA) is 49.7 Å². The summed E-state index contributed by atoms with van der Waals surface area (Å²) in [5.74, 6) is 2.30. The summed E-state index contributed by atoms with van der Waals surface area (Å²) in [4.78, 5) is 0. The van der Waals surface area contributed by atoms with Crippen LogP contribution in [0, 0.1) is 34.5 Å². The van der Waals surface area contributed by atoms with E-state index in [-0.39, 0.29) is 17.6 Å². The summed E-state index contributed by atoms with van der Waals surface area (Å²) in [5.41, 5.74) is 1.88. The molecule has 3 saturated carbocycles. The van der Waals surface area contributed by atoms with Gasteiger partial charge in [-0.1, -0.05) is 25.5 Å². The molecule has 0 aromatic rings. The molecule has 27 heavy (non-hydrogen) atoms. The van der Waals surface area contributed by atoms with E-state index in [1.165, 1.54) is 50.5 Å². The van der Waals surface area contributed by atoms with Crippen LogP contribution in [-0.4, -0.2) is 35.1 Å². The van der Waals surface area contributed by atoms with E-state index in [0.717, 1.165) is 25.9 Å². The molecule has 4 fully saturated rings. The highest BCUT2D eigenvalue weighted by Crippen LogP contribution is 2.67. The van der Waals surface area contributed by atoms with Crippen molar-refractivity contribution in [3.8, 4) is 0 Å².